The minimum absolute atomic E-state index is 0.000256. The zero-order valence-electron chi connectivity index (χ0n) is 7.67. The van der Waals surface area contributed by atoms with E-state index in [1.807, 2.05) is 0 Å². The van der Waals surface area contributed by atoms with Crippen molar-refractivity contribution in [1.82, 2.24) is 0 Å². The first-order valence-corrected chi connectivity index (χ1v) is 4.21. The summed E-state index contributed by atoms with van der Waals surface area (Å²) in [6.45, 7) is 0. The lowest BCUT2D eigenvalue weighted by Crippen LogP contribution is -2.03. The molecule has 1 aromatic carbocycles. The van der Waals surface area contributed by atoms with Gasteiger partial charge < -0.3 is 9.90 Å². The van der Waals surface area contributed by atoms with E-state index in [0.29, 0.717) is 6.29 Å². The van der Waals surface area contributed by atoms with Crippen LogP contribution in [0, 0.1) is 11.6 Å². The summed E-state index contributed by atoms with van der Waals surface area (Å²) in [4.78, 5) is 20.5. The van der Waals surface area contributed by atoms with E-state index in [2.05, 4.69) is 0 Å². The first-order valence-electron chi connectivity index (χ1n) is 4.21. The van der Waals surface area contributed by atoms with Crippen molar-refractivity contribution >= 4 is 12.3 Å². The summed E-state index contributed by atoms with van der Waals surface area (Å²) in [5, 5.41) is 8.51. The van der Waals surface area contributed by atoms with Gasteiger partial charge >= 0.3 is 5.97 Å². The van der Waals surface area contributed by atoms with E-state index in [4.69, 9.17) is 5.11 Å². The van der Waals surface area contributed by atoms with Gasteiger partial charge in [-0.25, -0.2) is 13.6 Å². The molecule has 1 N–H and O–H groups in total. The number of rotatable bonds is 4. The summed E-state index contributed by atoms with van der Waals surface area (Å²) in [7, 11) is 0. The standard InChI is InChI=1S/C10H8F2O3/c11-8-4-6(10(14)15)5-9(12)7(8)2-1-3-13/h3-5H,1-2H2,(H,14,15). The summed E-state index contributed by atoms with van der Waals surface area (Å²) in [5.41, 5.74) is -0.702. The van der Waals surface area contributed by atoms with Crippen LogP contribution >= 0.6 is 0 Å². The van der Waals surface area contributed by atoms with Crippen molar-refractivity contribution in [3.63, 3.8) is 0 Å². The molecule has 0 unspecified atom stereocenters. The Labute approximate surface area is 84.3 Å². The van der Waals surface area contributed by atoms with Gasteiger partial charge in [0.1, 0.15) is 17.9 Å². The quantitative estimate of drug-likeness (QED) is 0.777. The lowest BCUT2D eigenvalue weighted by molar-refractivity contribution is -0.107. The third kappa shape index (κ3) is 2.59. The normalized spacial score (nSPS) is 10.0. The molecule has 1 aromatic rings. The molecule has 3 nitrogen and oxygen atoms in total. The second kappa shape index (κ2) is 4.63. The maximum absolute atomic E-state index is 13.2. The highest BCUT2D eigenvalue weighted by atomic mass is 19.1. The Morgan fingerprint density at radius 3 is 2.27 bits per heavy atom. The summed E-state index contributed by atoms with van der Waals surface area (Å²) < 4.78 is 26.4. The highest BCUT2D eigenvalue weighted by Crippen LogP contribution is 2.16. The number of carbonyl (C=O) groups is 2. The second-order valence-corrected chi connectivity index (χ2v) is 2.93. The van der Waals surface area contributed by atoms with Gasteiger partial charge in [-0.15, -0.1) is 0 Å². The molecule has 0 radical (unpaired) electrons. The predicted octanol–water partition coefficient (Wildman–Crippen LogP) is 1.79. The SMILES string of the molecule is O=CCCc1c(F)cc(C(=O)O)cc1F. The average molecular weight is 214 g/mol. The first-order chi connectivity index (χ1) is 7.06. The minimum atomic E-state index is -1.39. The van der Waals surface area contributed by atoms with Crippen LogP contribution in [0.25, 0.3) is 0 Å². The molecule has 15 heavy (non-hydrogen) atoms. The fraction of sp³-hybridized carbons (Fsp3) is 0.200. The van der Waals surface area contributed by atoms with Crippen molar-refractivity contribution in [3.05, 3.63) is 34.9 Å². The Morgan fingerprint density at radius 1 is 1.33 bits per heavy atom. The van der Waals surface area contributed by atoms with Crippen LogP contribution in [0.15, 0.2) is 12.1 Å². The van der Waals surface area contributed by atoms with Gasteiger partial charge in [0.25, 0.3) is 0 Å². The van der Waals surface area contributed by atoms with Gasteiger partial charge in [0.2, 0.25) is 0 Å². The summed E-state index contributed by atoms with van der Waals surface area (Å²) in [5.74, 6) is -3.27. The molecule has 0 saturated heterocycles. The Hall–Kier alpha value is -1.78. The van der Waals surface area contributed by atoms with Gasteiger partial charge in [-0.2, -0.15) is 0 Å². The fourth-order valence-electron chi connectivity index (χ4n) is 1.17. The molecule has 0 atom stereocenters. The number of aromatic carboxylic acids is 1. The van der Waals surface area contributed by atoms with Gasteiger partial charge in [-0.05, 0) is 18.6 Å². The Bertz CT molecular complexity index is 379. The van der Waals surface area contributed by atoms with Crippen LogP contribution in [-0.2, 0) is 11.2 Å². The lowest BCUT2D eigenvalue weighted by atomic mass is 10.1. The Morgan fingerprint density at radius 2 is 1.87 bits per heavy atom. The molecule has 0 aliphatic rings. The van der Waals surface area contributed by atoms with Gasteiger partial charge in [0.05, 0.1) is 5.56 Å². The van der Waals surface area contributed by atoms with Gasteiger partial charge in [0.15, 0.2) is 0 Å². The molecular weight excluding hydrogens is 206 g/mol. The fourth-order valence-corrected chi connectivity index (χ4v) is 1.17. The van der Waals surface area contributed by atoms with Crippen LogP contribution in [0.2, 0.25) is 0 Å². The third-order valence-corrected chi connectivity index (χ3v) is 1.90. The lowest BCUT2D eigenvalue weighted by Gasteiger charge is -2.04. The first kappa shape index (κ1) is 11.3. The van der Waals surface area contributed by atoms with E-state index in [1.54, 1.807) is 0 Å². The monoisotopic (exact) mass is 214 g/mol. The van der Waals surface area contributed by atoms with Crippen LogP contribution < -0.4 is 0 Å². The molecule has 0 spiro atoms. The maximum atomic E-state index is 13.2. The third-order valence-electron chi connectivity index (χ3n) is 1.90. The zero-order chi connectivity index (χ0) is 11.4. The van der Waals surface area contributed by atoms with Crippen LogP contribution in [0.3, 0.4) is 0 Å². The predicted molar refractivity (Wildman–Crippen MR) is 47.7 cm³/mol. The minimum Gasteiger partial charge on any atom is -0.478 e. The van der Waals surface area contributed by atoms with E-state index in [0.717, 1.165) is 12.1 Å². The summed E-state index contributed by atoms with van der Waals surface area (Å²) in [6.07, 6.45) is 0.477. The molecule has 5 heteroatoms. The summed E-state index contributed by atoms with van der Waals surface area (Å²) in [6, 6.07) is 1.48. The van der Waals surface area contributed by atoms with Crippen LogP contribution in [0.4, 0.5) is 8.78 Å². The number of hydrogen-bond acceptors (Lipinski definition) is 2. The second-order valence-electron chi connectivity index (χ2n) is 2.93. The van der Waals surface area contributed by atoms with E-state index in [9.17, 15) is 18.4 Å². The number of aldehydes is 1. The number of carbonyl (C=O) groups excluding carboxylic acids is 1. The van der Waals surface area contributed by atoms with Crippen molar-refractivity contribution in [2.24, 2.45) is 0 Å². The molecular formula is C10H8F2O3. The molecule has 0 amide bonds. The van der Waals surface area contributed by atoms with Crippen molar-refractivity contribution in [1.29, 1.82) is 0 Å². The van der Waals surface area contributed by atoms with Crippen molar-refractivity contribution < 1.29 is 23.5 Å². The molecule has 0 aromatic heterocycles. The molecule has 0 fully saturated rings. The Kier molecular flexibility index (Phi) is 3.49. The van der Waals surface area contributed by atoms with E-state index < -0.39 is 23.2 Å². The molecule has 0 aliphatic carbocycles. The van der Waals surface area contributed by atoms with Crippen molar-refractivity contribution in [3.8, 4) is 0 Å². The van der Waals surface area contributed by atoms with E-state index in [1.165, 1.54) is 0 Å². The molecule has 1 rings (SSSR count). The molecule has 0 saturated carbocycles. The molecule has 0 aliphatic heterocycles. The highest BCUT2D eigenvalue weighted by Gasteiger charge is 2.13. The molecule has 0 bridgehead atoms. The number of hydrogen-bond donors (Lipinski definition) is 1. The highest BCUT2D eigenvalue weighted by molar-refractivity contribution is 5.87. The number of halogens is 2. The number of carboxylic acid groups (broad SMARTS) is 1. The van der Waals surface area contributed by atoms with Crippen LogP contribution in [-0.4, -0.2) is 17.4 Å². The summed E-state index contributed by atoms with van der Waals surface area (Å²) >= 11 is 0. The van der Waals surface area contributed by atoms with Crippen LogP contribution in [0.1, 0.15) is 22.3 Å². The zero-order valence-corrected chi connectivity index (χ0v) is 7.67. The van der Waals surface area contributed by atoms with Gasteiger partial charge in [-0.1, -0.05) is 0 Å². The largest absolute Gasteiger partial charge is 0.478 e. The van der Waals surface area contributed by atoms with Crippen LogP contribution in [0.5, 0.6) is 0 Å². The molecule has 80 valence electrons. The smallest absolute Gasteiger partial charge is 0.335 e. The van der Waals surface area contributed by atoms with E-state index in [-0.39, 0.29) is 18.4 Å². The van der Waals surface area contributed by atoms with Gasteiger partial charge in [-0.3, -0.25) is 0 Å². The van der Waals surface area contributed by atoms with E-state index >= 15 is 0 Å². The van der Waals surface area contributed by atoms with Crippen molar-refractivity contribution in [2.45, 2.75) is 12.8 Å². The number of benzene rings is 1. The Balaban J connectivity index is 3.09. The van der Waals surface area contributed by atoms with Crippen molar-refractivity contribution in [2.75, 3.05) is 0 Å². The van der Waals surface area contributed by atoms with Gasteiger partial charge in [0, 0.05) is 12.0 Å². The maximum Gasteiger partial charge on any atom is 0.335 e. The molecule has 0 heterocycles. The topological polar surface area (TPSA) is 54.4 Å². The number of carboxylic acids is 1. The average Bonchev–Trinajstić information content (AvgIpc) is 2.16.